The van der Waals surface area contributed by atoms with Gasteiger partial charge in [-0.1, -0.05) is 19.1 Å². The Bertz CT molecular complexity index is 477. The van der Waals surface area contributed by atoms with Crippen LogP contribution in [0.4, 0.5) is 0 Å². The number of ether oxygens (including phenoxy) is 2. The van der Waals surface area contributed by atoms with Gasteiger partial charge in [0.2, 0.25) is 0 Å². The Morgan fingerprint density at radius 3 is 2.52 bits per heavy atom. The van der Waals surface area contributed by atoms with Crippen LogP contribution in [-0.4, -0.2) is 41.3 Å². The average molecular weight is 295 g/mol. The molecule has 0 N–H and O–H groups in total. The van der Waals surface area contributed by atoms with E-state index in [0.29, 0.717) is 30.2 Å². The maximum absolute atomic E-state index is 12.0. The monoisotopic (exact) mass is 295 g/mol. The molecule has 2 unspecified atom stereocenters. The standard InChI is InChI=1S/C15H25N3O3/c1-10-7-11(2)9-13(8-10)18-12(3)14(16-17-18)15(19)21-6-5-20-4/h10-11,13H,5-9H2,1-4H3. The topological polar surface area (TPSA) is 66.2 Å². The van der Waals surface area contributed by atoms with Gasteiger partial charge in [0.1, 0.15) is 6.61 Å². The normalized spacial score (nSPS) is 25.8. The van der Waals surface area contributed by atoms with Crippen LogP contribution in [0.3, 0.4) is 0 Å². The number of aromatic nitrogens is 3. The largest absolute Gasteiger partial charge is 0.458 e. The molecule has 21 heavy (non-hydrogen) atoms. The van der Waals surface area contributed by atoms with Crippen molar-refractivity contribution in [3.05, 3.63) is 11.4 Å². The van der Waals surface area contributed by atoms with Crippen molar-refractivity contribution < 1.29 is 14.3 Å². The lowest BCUT2D eigenvalue weighted by Gasteiger charge is -2.31. The van der Waals surface area contributed by atoms with Gasteiger partial charge in [0, 0.05) is 7.11 Å². The molecule has 0 bridgehead atoms. The van der Waals surface area contributed by atoms with Crippen LogP contribution in [0.1, 0.15) is 55.3 Å². The third-order valence-electron chi connectivity index (χ3n) is 4.14. The second kappa shape index (κ2) is 7.02. The Labute approximate surface area is 125 Å². The minimum atomic E-state index is -0.423. The summed E-state index contributed by atoms with van der Waals surface area (Å²) >= 11 is 0. The summed E-state index contributed by atoms with van der Waals surface area (Å²) in [4.78, 5) is 12.0. The summed E-state index contributed by atoms with van der Waals surface area (Å²) in [6, 6.07) is 0.330. The third kappa shape index (κ3) is 3.81. The molecule has 118 valence electrons. The highest BCUT2D eigenvalue weighted by Gasteiger charge is 2.29. The van der Waals surface area contributed by atoms with E-state index >= 15 is 0 Å². The van der Waals surface area contributed by atoms with Crippen LogP contribution in [0.2, 0.25) is 0 Å². The first kappa shape index (κ1) is 15.9. The number of methoxy groups -OCH3 is 1. The van der Waals surface area contributed by atoms with Crippen LogP contribution >= 0.6 is 0 Å². The molecule has 0 amide bonds. The van der Waals surface area contributed by atoms with Crippen molar-refractivity contribution in [2.75, 3.05) is 20.3 Å². The lowest BCUT2D eigenvalue weighted by molar-refractivity contribution is 0.0380. The molecule has 1 fully saturated rings. The number of rotatable bonds is 5. The van der Waals surface area contributed by atoms with Crippen LogP contribution in [0.15, 0.2) is 0 Å². The molecular weight excluding hydrogens is 270 g/mol. The van der Waals surface area contributed by atoms with Crippen molar-refractivity contribution in [2.45, 2.75) is 46.1 Å². The molecule has 6 nitrogen and oxygen atoms in total. The SMILES string of the molecule is COCCOC(=O)c1nnn(C2CC(C)CC(C)C2)c1C. The molecule has 1 aliphatic rings. The molecule has 1 aromatic rings. The van der Waals surface area contributed by atoms with Crippen molar-refractivity contribution in [2.24, 2.45) is 11.8 Å². The van der Waals surface area contributed by atoms with Gasteiger partial charge in [-0.15, -0.1) is 5.10 Å². The number of esters is 1. The molecule has 0 radical (unpaired) electrons. The van der Waals surface area contributed by atoms with Gasteiger partial charge in [-0.2, -0.15) is 0 Å². The van der Waals surface area contributed by atoms with E-state index in [4.69, 9.17) is 9.47 Å². The zero-order valence-electron chi connectivity index (χ0n) is 13.3. The highest BCUT2D eigenvalue weighted by Crippen LogP contribution is 2.36. The second-order valence-electron chi connectivity index (χ2n) is 6.17. The van der Waals surface area contributed by atoms with Crippen LogP contribution in [0.25, 0.3) is 0 Å². The summed E-state index contributed by atoms with van der Waals surface area (Å²) in [6.45, 7) is 7.05. The quantitative estimate of drug-likeness (QED) is 0.616. The van der Waals surface area contributed by atoms with E-state index in [1.54, 1.807) is 7.11 Å². The summed E-state index contributed by atoms with van der Waals surface area (Å²) in [5.41, 5.74) is 1.11. The Morgan fingerprint density at radius 1 is 1.24 bits per heavy atom. The fourth-order valence-electron chi connectivity index (χ4n) is 3.27. The highest BCUT2D eigenvalue weighted by atomic mass is 16.6. The Hall–Kier alpha value is -1.43. The molecule has 6 heteroatoms. The molecular formula is C15H25N3O3. The van der Waals surface area contributed by atoms with E-state index in [-0.39, 0.29) is 6.61 Å². The van der Waals surface area contributed by atoms with Crippen LogP contribution in [0.5, 0.6) is 0 Å². The van der Waals surface area contributed by atoms with Gasteiger partial charge in [0.15, 0.2) is 5.69 Å². The number of nitrogens with zero attached hydrogens (tertiary/aromatic N) is 3. The Kier molecular flexibility index (Phi) is 5.33. The molecule has 0 spiro atoms. The predicted octanol–water partition coefficient (Wildman–Crippen LogP) is 2.39. The van der Waals surface area contributed by atoms with Gasteiger partial charge in [0.25, 0.3) is 0 Å². The van der Waals surface area contributed by atoms with Crippen molar-refractivity contribution >= 4 is 5.97 Å². The zero-order chi connectivity index (χ0) is 15.4. The lowest BCUT2D eigenvalue weighted by Crippen LogP contribution is -2.24. The number of hydrogen-bond donors (Lipinski definition) is 0. The third-order valence-corrected chi connectivity index (χ3v) is 4.14. The smallest absolute Gasteiger partial charge is 0.360 e. The summed E-state index contributed by atoms with van der Waals surface area (Å²) in [7, 11) is 1.57. The predicted molar refractivity (Wildman–Crippen MR) is 78.1 cm³/mol. The molecule has 0 saturated heterocycles. The van der Waals surface area contributed by atoms with E-state index in [1.807, 2.05) is 11.6 Å². The van der Waals surface area contributed by atoms with Gasteiger partial charge in [-0.05, 0) is 38.0 Å². The maximum Gasteiger partial charge on any atom is 0.360 e. The summed E-state index contributed by atoms with van der Waals surface area (Å²) < 4.78 is 11.9. The molecule has 0 aromatic carbocycles. The van der Waals surface area contributed by atoms with Crippen LogP contribution < -0.4 is 0 Å². The molecule has 1 saturated carbocycles. The van der Waals surface area contributed by atoms with Crippen molar-refractivity contribution in [1.82, 2.24) is 15.0 Å². The van der Waals surface area contributed by atoms with Gasteiger partial charge in [-0.3, -0.25) is 0 Å². The Balaban J connectivity index is 2.07. The Morgan fingerprint density at radius 2 is 1.90 bits per heavy atom. The number of carbonyl (C=O) groups excluding carboxylic acids is 1. The molecule has 2 atom stereocenters. The first-order valence-electron chi connectivity index (χ1n) is 7.60. The second-order valence-corrected chi connectivity index (χ2v) is 6.17. The fourth-order valence-corrected chi connectivity index (χ4v) is 3.27. The first-order valence-corrected chi connectivity index (χ1v) is 7.60. The molecule has 1 aliphatic carbocycles. The average Bonchev–Trinajstić information content (AvgIpc) is 2.79. The van der Waals surface area contributed by atoms with E-state index in [0.717, 1.165) is 18.5 Å². The van der Waals surface area contributed by atoms with Gasteiger partial charge in [0.05, 0.1) is 18.3 Å². The van der Waals surface area contributed by atoms with Gasteiger partial charge < -0.3 is 9.47 Å². The van der Waals surface area contributed by atoms with Gasteiger partial charge in [-0.25, -0.2) is 9.48 Å². The summed E-state index contributed by atoms with van der Waals surface area (Å²) in [5, 5.41) is 8.21. The van der Waals surface area contributed by atoms with Crippen LogP contribution in [0, 0.1) is 18.8 Å². The maximum atomic E-state index is 12.0. The molecule has 2 rings (SSSR count). The van der Waals surface area contributed by atoms with Crippen LogP contribution in [-0.2, 0) is 9.47 Å². The minimum Gasteiger partial charge on any atom is -0.458 e. The van der Waals surface area contributed by atoms with E-state index in [9.17, 15) is 4.79 Å². The van der Waals surface area contributed by atoms with E-state index < -0.39 is 5.97 Å². The molecule has 1 heterocycles. The first-order chi connectivity index (χ1) is 10.0. The van der Waals surface area contributed by atoms with Crippen molar-refractivity contribution in [1.29, 1.82) is 0 Å². The summed E-state index contributed by atoms with van der Waals surface area (Å²) in [6.07, 6.45) is 3.44. The lowest BCUT2D eigenvalue weighted by atomic mass is 9.80. The van der Waals surface area contributed by atoms with E-state index in [2.05, 4.69) is 24.2 Å². The minimum absolute atomic E-state index is 0.235. The van der Waals surface area contributed by atoms with Crippen molar-refractivity contribution in [3.63, 3.8) is 0 Å². The molecule has 1 aromatic heterocycles. The van der Waals surface area contributed by atoms with E-state index in [1.165, 1.54) is 6.42 Å². The van der Waals surface area contributed by atoms with Gasteiger partial charge >= 0.3 is 5.97 Å². The zero-order valence-corrected chi connectivity index (χ0v) is 13.3. The highest BCUT2D eigenvalue weighted by molar-refractivity contribution is 5.88. The van der Waals surface area contributed by atoms with Crippen molar-refractivity contribution in [3.8, 4) is 0 Å². The summed E-state index contributed by atoms with van der Waals surface area (Å²) in [5.74, 6) is 0.937. The fraction of sp³-hybridized carbons (Fsp3) is 0.800. The molecule has 0 aliphatic heterocycles. The number of carbonyl (C=O) groups is 1. The number of hydrogen-bond acceptors (Lipinski definition) is 5.